The second-order valence-corrected chi connectivity index (χ2v) is 5.61. The number of nitrogens with two attached hydrogens (primary N) is 3. The number of nitrogens with one attached hydrogen (secondary N) is 3. The topological polar surface area (TPSA) is 235 Å². The Morgan fingerprint density at radius 1 is 1.11 bits per heavy atom. The van der Waals surface area contributed by atoms with E-state index in [9.17, 15) is 24.3 Å². The molecular formula is C14H27N7O6. The lowest BCUT2D eigenvalue weighted by atomic mass is 10.1. The summed E-state index contributed by atoms with van der Waals surface area (Å²) in [6.45, 7) is 0.676. The number of amides is 3. The van der Waals surface area contributed by atoms with Crippen LogP contribution in [-0.2, 0) is 19.2 Å². The van der Waals surface area contributed by atoms with Crippen molar-refractivity contribution < 1.29 is 29.4 Å². The first-order chi connectivity index (χ1) is 12.6. The number of nitrogens with zero attached hydrogens (tertiary/aromatic N) is 1. The molecule has 0 heterocycles. The molecule has 0 rings (SSSR count). The number of carbonyl (C=O) groups is 4. The van der Waals surface area contributed by atoms with Gasteiger partial charge in [-0.25, -0.2) is 4.79 Å². The van der Waals surface area contributed by atoms with Crippen LogP contribution in [0.3, 0.4) is 0 Å². The van der Waals surface area contributed by atoms with Crippen LogP contribution in [-0.4, -0.2) is 77.7 Å². The number of carboxylic acid groups (broad SMARTS) is 1. The van der Waals surface area contributed by atoms with Gasteiger partial charge in [0.05, 0.1) is 19.2 Å². The molecule has 0 spiro atoms. The molecule has 0 fully saturated rings. The van der Waals surface area contributed by atoms with Gasteiger partial charge in [-0.15, -0.1) is 0 Å². The Hall–Kier alpha value is -2.93. The minimum atomic E-state index is -1.55. The number of rotatable bonds is 12. The van der Waals surface area contributed by atoms with Gasteiger partial charge in [-0.1, -0.05) is 0 Å². The van der Waals surface area contributed by atoms with Gasteiger partial charge < -0.3 is 43.4 Å². The third-order valence-corrected chi connectivity index (χ3v) is 3.27. The number of aliphatic imine (C=N–C) groups is 1. The number of carbonyl (C=O) groups excluding carboxylic acids is 3. The SMILES string of the molecule is CC(O)C(NC(=O)C(CCCN=C(N)N)NC(=O)CNC(=O)CN)C(=O)O. The fraction of sp³-hybridized carbons (Fsp3) is 0.643. The molecule has 0 bridgehead atoms. The van der Waals surface area contributed by atoms with Gasteiger partial charge in [-0.05, 0) is 19.8 Å². The molecule has 27 heavy (non-hydrogen) atoms. The molecule has 13 nitrogen and oxygen atoms in total. The summed E-state index contributed by atoms with van der Waals surface area (Å²) in [4.78, 5) is 50.1. The standard InChI is InChI=1S/C14H27N7O6/c1-7(22)11(13(26)27)21-12(25)8(3-2-4-18-14(16)17)20-10(24)6-19-9(23)5-15/h7-8,11,22H,2-6,15H2,1H3,(H,19,23)(H,20,24)(H,21,25)(H,26,27)(H4,16,17,18). The van der Waals surface area contributed by atoms with Crippen LogP contribution in [0, 0.1) is 0 Å². The molecule has 0 aromatic carbocycles. The van der Waals surface area contributed by atoms with Crippen molar-refractivity contribution in [3.63, 3.8) is 0 Å². The Kier molecular flexibility index (Phi) is 11.1. The molecule has 0 aromatic rings. The number of carboxylic acids is 1. The van der Waals surface area contributed by atoms with E-state index in [2.05, 4.69) is 20.9 Å². The predicted octanol–water partition coefficient (Wildman–Crippen LogP) is -4.45. The maximum Gasteiger partial charge on any atom is 0.328 e. The molecule has 13 heteroatoms. The van der Waals surface area contributed by atoms with Gasteiger partial charge >= 0.3 is 5.97 Å². The highest BCUT2D eigenvalue weighted by molar-refractivity contribution is 5.92. The Balaban J connectivity index is 4.96. The first-order valence-corrected chi connectivity index (χ1v) is 8.11. The van der Waals surface area contributed by atoms with E-state index in [0.29, 0.717) is 6.42 Å². The van der Waals surface area contributed by atoms with Crippen LogP contribution >= 0.6 is 0 Å². The summed E-state index contributed by atoms with van der Waals surface area (Å²) in [6, 6.07) is -2.67. The summed E-state index contributed by atoms with van der Waals surface area (Å²) in [5.41, 5.74) is 15.5. The van der Waals surface area contributed by atoms with Crippen LogP contribution in [0.4, 0.5) is 0 Å². The van der Waals surface area contributed by atoms with Crippen molar-refractivity contribution in [3.8, 4) is 0 Å². The predicted molar refractivity (Wildman–Crippen MR) is 95.2 cm³/mol. The lowest BCUT2D eigenvalue weighted by Crippen LogP contribution is -2.55. The number of aliphatic carboxylic acids is 1. The minimum Gasteiger partial charge on any atom is -0.480 e. The average molecular weight is 389 g/mol. The summed E-state index contributed by atoms with van der Waals surface area (Å²) < 4.78 is 0. The van der Waals surface area contributed by atoms with Crippen molar-refractivity contribution in [1.29, 1.82) is 0 Å². The zero-order valence-electron chi connectivity index (χ0n) is 15.0. The lowest BCUT2D eigenvalue weighted by Gasteiger charge is -2.22. The van der Waals surface area contributed by atoms with Gasteiger partial charge in [0.15, 0.2) is 12.0 Å². The van der Waals surface area contributed by atoms with Crippen molar-refractivity contribution in [3.05, 3.63) is 0 Å². The summed E-state index contributed by atoms with van der Waals surface area (Å²) in [5.74, 6) is -3.61. The van der Waals surface area contributed by atoms with E-state index in [4.69, 9.17) is 22.3 Å². The van der Waals surface area contributed by atoms with Crippen molar-refractivity contribution in [2.75, 3.05) is 19.6 Å². The molecule has 0 aliphatic carbocycles. The van der Waals surface area contributed by atoms with Crippen LogP contribution in [0.15, 0.2) is 4.99 Å². The average Bonchev–Trinajstić information content (AvgIpc) is 2.58. The first-order valence-electron chi connectivity index (χ1n) is 8.11. The summed E-state index contributed by atoms with van der Waals surface area (Å²) >= 11 is 0. The van der Waals surface area contributed by atoms with Crippen LogP contribution in [0.1, 0.15) is 19.8 Å². The van der Waals surface area contributed by atoms with E-state index in [-0.39, 0.29) is 25.5 Å². The molecule has 0 aliphatic rings. The molecule has 154 valence electrons. The molecule has 11 N–H and O–H groups in total. The third kappa shape index (κ3) is 10.6. The van der Waals surface area contributed by atoms with E-state index in [0.717, 1.165) is 0 Å². The molecular weight excluding hydrogens is 362 g/mol. The van der Waals surface area contributed by atoms with Gasteiger partial charge in [0.1, 0.15) is 6.04 Å². The Labute approximate surface area is 155 Å². The first kappa shape index (κ1) is 24.1. The van der Waals surface area contributed by atoms with E-state index in [1.807, 2.05) is 0 Å². The van der Waals surface area contributed by atoms with Crippen LogP contribution in [0.25, 0.3) is 0 Å². The Bertz CT molecular complexity index is 562. The van der Waals surface area contributed by atoms with E-state index < -0.39 is 48.4 Å². The number of aliphatic hydroxyl groups is 1. The highest BCUT2D eigenvalue weighted by Gasteiger charge is 2.29. The highest BCUT2D eigenvalue weighted by Crippen LogP contribution is 2.01. The maximum atomic E-state index is 12.3. The zero-order chi connectivity index (χ0) is 21.0. The lowest BCUT2D eigenvalue weighted by molar-refractivity contribution is -0.145. The zero-order valence-corrected chi connectivity index (χ0v) is 15.0. The molecule has 0 radical (unpaired) electrons. The van der Waals surface area contributed by atoms with Gasteiger partial charge in [0.25, 0.3) is 0 Å². The van der Waals surface area contributed by atoms with Gasteiger partial charge in [-0.3, -0.25) is 19.4 Å². The van der Waals surface area contributed by atoms with Crippen molar-refractivity contribution in [1.82, 2.24) is 16.0 Å². The third-order valence-electron chi connectivity index (χ3n) is 3.27. The second-order valence-electron chi connectivity index (χ2n) is 5.61. The Morgan fingerprint density at radius 3 is 2.22 bits per heavy atom. The molecule has 3 atom stereocenters. The van der Waals surface area contributed by atoms with Gasteiger partial charge in [-0.2, -0.15) is 0 Å². The molecule has 0 saturated heterocycles. The van der Waals surface area contributed by atoms with Gasteiger partial charge in [0, 0.05) is 6.54 Å². The largest absolute Gasteiger partial charge is 0.480 e. The fourth-order valence-electron chi connectivity index (χ4n) is 1.91. The summed E-state index contributed by atoms with van der Waals surface area (Å²) in [6.07, 6.45) is -0.961. The van der Waals surface area contributed by atoms with E-state index in [1.165, 1.54) is 6.92 Å². The number of aliphatic hydroxyl groups excluding tert-OH is 1. The van der Waals surface area contributed by atoms with Crippen LogP contribution in [0.2, 0.25) is 0 Å². The van der Waals surface area contributed by atoms with Gasteiger partial charge in [0.2, 0.25) is 17.7 Å². The summed E-state index contributed by atoms with van der Waals surface area (Å²) in [7, 11) is 0. The van der Waals surface area contributed by atoms with Crippen molar-refractivity contribution in [2.45, 2.75) is 38.0 Å². The second kappa shape index (κ2) is 12.4. The van der Waals surface area contributed by atoms with Crippen LogP contribution < -0.4 is 33.2 Å². The highest BCUT2D eigenvalue weighted by atomic mass is 16.4. The molecule has 3 unspecified atom stereocenters. The molecule has 0 aromatic heterocycles. The van der Waals surface area contributed by atoms with Crippen molar-refractivity contribution >= 4 is 29.7 Å². The minimum absolute atomic E-state index is 0.0886. The monoisotopic (exact) mass is 389 g/mol. The number of guanidine groups is 1. The normalized spacial score (nSPS) is 13.6. The molecule has 3 amide bonds. The molecule has 0 saturated carbocycles. The number of hydrogen-bond donors (Lipinski definition) is 8. The fourth-order valence-corrected chi connectivity index (χ4v) is 1.91. The molecule has 0 aliphatic heterocycles. The van der Waals surface area contributed by atoms with Crippen molar-refractivity contribution in [2.24, 2.45) is 22.2 Å². The Morgan fingerprint density at radius 2 is 1.74 bits per heavy atom. The smallest absolute Gasteiger partial charge is 0.328 e. The number of hydrogen-bond acceptors (Lipinski definition) is 7. The van der Waals surface area contributed by atoms with E-state index in [1.54, 1.807) is 0 Å². The maximum absolute atomic E-state index is 12.3. The summed E-state index contributed by atoms with van der Waals surface area (Å²) in [5, 5.41) is 25.3. The quantitative estimate of drug-likeness (QED) is 0.0911. The van der Waals surface area contributed by atoms with Crippen LogP contribution in [0.5, 0.6) is 0 Å². The van der Waals surface area contributed by atoms with E-state index >= 15 is 0 Å².